The minimum absolute atomic E-state index is 0.0442. The van der Waals surface area contributed by atoms with Crippen LogP contribution in [0, 0.1) is 4.77 Å². The maximum atomic E-state index is 12.8. The third-order valence-corrected chi connectivity index (χ3v) is 3.92. The van der Waals surface area contributed by atoms with Crippen LogP contribution >= 0.6 is 12.2 Å². The van der Waals surface area contributed by atoms with Crippen molar-refractivity contribution in [3.05, 3.63) is 27.3 Å². The van der Waals surface area contributed by atoms with Crippen molar-refractivity contribution in [2.24, 2.45) is 0 Å². The van der Waals surface area contributed by atoms with Crippen LogP contribution in [0.5, 0.6) is 11.5 Å². The van der Waals surface area contributed by atoms with E-state index < -0.39 is 0 Å². The molecule has 0 aliphatic carbocycles. The third kappa shape index (κ3) is 3.02. The summed E-state index contributed by atoms with van der Waals surface area (Å²) in [5.41, 5.74) is 0.568. The molecule has 22 heavy (non-hydrogen) atoms. The fourth-order valence-electron chi connectivity index (χ4n) is 2.36. The molecule has 0 aliphatic rings. The molecule has 0 radical (unpaired) electrons. The summed E-state index contributed by atoms with van der Waals surface area (Å²) < 4.78 is 13.2. The first-order valence-corrected chi connectivity index (χ1v) is 8.02. The monoisotopic (exact) mass is 322 g/mol. The molecule has 0 fully saturated rings. The van der Waals surface area contributed by atoms with Crippen molar-refractivity contribution < 1.29 is 9.47 Å². The van der Waals surface area contributed by atoms with E-state index in [1.165, 1.54) is 0 Å². The van der Waals surface area contributed by atoms with Crippen LogP contribution in [0.2, 0.25) is 0 Å². The highest BCUT2D eigenvalue weighted by Crippen LogP contribution is 2.31. The highest BCUT2D eigenvalue weighted by Gasteiger charge is 2.14. The molecule has 0 bridgehead atoms. The van der Waals surface area contributed by atoms with Gasteiger partial charge in [0.2, 0.25) is 0 Å². The zero-order chi connectivity index (χ0) is 16.3. The molecule has 2 rings (SSSR count). The summed E-state index contributed by atoms with van der Waals surface area (Å²) in [7, 11) is 0. The predicted molar refractivity (Wildman–Crippen MR) is 90.7 cm³/mol. The predicted octanol–water partition coefficient (Wildman–Crippen LogP) is 3.83. The average Bonchev–Trinajstić information content (AvgIpc) is 2.49. The molecule has 0 aliphatic heterocycles. The van der Waals surface area contributed by atoms with Crippen molar-refractivity contribution in [1.29, 1.82) is 0 Å². The smallest absolute Gasteiger partial charge is 0.262 e. The number of aromatic nitrogens is 2. The lowest BCUT2D eigenvalue weighted by Gasteiger charge is -2.16. The Morgan fingerprint density at radius 2 is 1.77 bits per heavy atom. The van der Waals surface area contributed by atoms with Gasteiger partial charge in [0.15, 0.2) is 16.3 Å². The first kappa shape index (κ1) is 16.5. The van der Waals surface area contributed by atoms with Gasteiger partial charge in [-0.3, -0.25) is 9.36 Å². The van der Waals surface area contributed by atoms with E-state index in [2.05, 4.69) is 4.98 Å². The van der Waals surface area contributed by atoms with Crippen LogP contribution < -0.4 is 15.0 Å². The van der Waals surface area contributed by atoms with Crippen molar-refractivity contribution in [3.8, 4) is 11.5 Å². The molecule has 120 valence electrons. The fourth-order valence-corrected chi connectivity index (χ4v) is 2.73. The van der Waals surface area contributed by atoms with E-state index in [-0.39, 0.29) is 11.6 Å². The third-order valence-electron chi connectivity index (χ3n) is 3.62. The van der Waals surface area contributed by atoms with E-state index in [0.29, 0.717) is 40.4 Å². The second-order valence-electron chi connectivity index (χ2n) is 5.07. The summed E-state index contributed by atoms with van der Waals surface area (Å²) in [6.45, 7) is 8.85. The molecule has 0 saturated heterocycles. The van der Waals surface area contributed by atoms with Gasteiger partial charge in [0.1, 0.15) is 0 Å². The maximum absolute atomic E-state index is 12.8. The molecule has 0 amide bonds. The van der Waals surface area contributed by atoms with E-state index in [9.17, 15) is 4.79 Å². The van der Waals surface area contributed by atoms with Gasteiger partial charge < -0.3 is 14.5 Å². The van der Waals surface area contributed by atoms with Crippen LogP contribution in [-0.2, 0) is 0 Å². The topological polar surface area (TPSA) is 56.2 Å². The van der Waals surface area contributed by atoms with Gasteiger partial charge in [-0.1, -0.05) is 6.92 Å². The number of rotatable bonds is 6. The summed E-state index contributed by atoms with van der Waals surface area (Å²) in [5.74, 6) is 1.19. The molecule has 1 heterocycles. The second-order valence-corrected chi connectivity index (χ2v) is 5.46. The summed E-state index contributed by atoms with van der Waals surface area (Å²) in [6, 6.07) is 3.56. The first-order valence-electron chi connectivity index (χ1n) is 7.61. The number of fused-ring (bicyclic) bond motifs is 1. The Kier molecular flexibility index (Phi) is 5.24. The zero-order valence-electron chi connectivity index (χ0n) is 13.4. The number of H-pyrrole nitrogens is 1. The number of ether oxygens (including phenoxy) is 2. The van der Waals surface area contributed by atoms with Gasteiger partial charge in [-0.15, -0.1) is 0 Å². The second kappa shape index (κ2) is 6.96. The number of hydrogen-bond acceptors (Lipinski definition) is 4. The number of aromatic amines is 1. The van der Waals surface area contributed by atoms with Crippen molar-refractivity contribution in [3.63, 3.8) is 0 Å². The molecule has 2 aromatic rings. The first-order chi connectivity index (χ1) is 10.5. The van der Waals surface area contributed by atoms with Crippen LogP contribution in [0.4, 0.5) is 0 Å². The van der Waals surface area contributed by atoms with Gasteiger partial charge in [0.05, 0.1) is 24.1 Å². The highest BCUT2D eigenvalue weighted by atomic mass is 32.1. The summed E-state index contributed by atoms with van der Waals surface area (Å²) in [4.78, 5) is 15.9. The lowest BCUT2D eigenvalue weighted by molar-refractivity contribution is 0.288. The minimum Gasteiger partial charge on any atom is -0.490 e. The van der Waals surface area contributed by atoms with Gasteiger partial charge in [0.25, 0.3) is 5.56 Å². The van der Waals surface area contributed by atoms with Crippen LogP contribution in [0.3, 0.4) is 0 Å². The molecule has 1 aromatic carbocycles. The molecule has 0 saturated carbocycles. The molecule has 6 heteroatoms. The van der Waals surface area contributed by atoms with Crippen molar-refractivity contribution >= 4 is 23.1 Å². The Hall–Kier alpha value is -1.82. The Morgan fingerprint density at radius 1 is 1.18 bits per heavy atom. The molecule has 0 spiro atoms. The molecule has 1 aromatic heterocycles. The van der Waals surface area contributed by atoms with Crippen LogP contribution in [0.25, 0.3) is 10.9 Å². The SMILES string of the molecule is CCOc1cc2[nH]c(=S)n(C(C)CC)c(=O)c2cc1OCC. The minimum atomic E-state index is -0.0999. The van der Waals surface area contributed by atoms with Gasteiger partial charge in [-0.25, -0.2) is 0 Å². The Morgan fingerprint density at radius 3 is 2.32 bits per heavy atom. The molecule has 1 N–H and O–H groups in total. The average molecular weight is 322 g/mol. The highest BCUT2D eigenvalue weighted by molar-refractivity contribution is 7.71. The quantitative estimate of drug-likeness (QED) is 0.821. The van der Waals surface area contributed by atoms with Crippen molar-refractivity contribution in [2.75, 3.05) is 13.2 Å². The molecular formula is C16H22N2O3S. The van der Waals surface area contributed by atoms with Gasteiger partial charge in [0, 0.05) is 12.1 Å². The maximum Gasteiger partial charge on any atom is 0.262 e. The molecule has 1 unspecified atom stereocenters. The Labute approximate surface area is 134 Å². The summed E-state index contributed by atoms with van der Waals surface area (Å²) in [6.07, 6.45) is 0.832. The summed E-state index contributed by atoms with van der Waals surface area (Å²) >= 11 is 5.34. The number of nitrogens with one attached hydrogen (secondary N) is 1. The van der Waals surface area contributed by atoms with Crippen molar-refractivity contribution in [2.45, 2.75) is 40.2 Å². The standard InChI is InChI=1S/C16H22N2O3S/c1-5-10(4)18-15(19)11-8-13(20-6-2)14(21-7-3)9-12(11)17-16(18)22/h8-10H,5-7H2,1-4H3,(H,17,22). The number of hydrogen-bond donors (Lipinski definition) is 1. The largest absolute Gasteiger partial charge is 0.490 e. The lowest BCUT2D eigenvalue weighted by atomic mass is 10.2. The van der Waals surface area contributed by atoms with Crippen LogP contribution in [0.15, 0.2) is 16.9 Å². The Balaban J connectivity index is 2.76. The van der Waals surface area contributed by atoms with Crippen LogP contribution in [0.1, 0.15) is 40.2 Å². The van der Waals surface area contributed by atoms with Gasteiger partial charge in [-0.2, -0.15) is 0 Å². The zero-order valence-corrected chi connectivity index (χ0v) is 14.3. The van der Waals surface area contributed by atoms with Crippen molar-refractivity contribution in [1.82, 2.24) is 9.55 Å². The normalized spacial score (nSPS) is 12.4. The Bertz CT molecular complexity index is 779. The van der Waals surface area contributed by atoms with E-state index in [1.54, 1.807) is 16.7 Å². The van der Waals surface area contributed by atoms with E-state index in [1.807, 2.05) is 27.7 Å². The van der Waals surface area contributed by atoms with E-state index in [4.69, 9.17) is 21.7 Å². The summed E-state index contributed by atoms with van der Waals surface area (Å²) in [5, 5.41) is 0.556. The van der Waals surface area contributed by atoms with E-state index in [0.717, 1.165) is 6.42 Å². The molecule has 1 atom stereocenters. The molecule has 5 nitrogen and oxygen atoms in total. The lowest BCUT2D eigenvalue weighted by Crippen LogP contribution is -2.25. The van der Waals surface area contributed by atoms with Gasteiger partial charge in [-0.05, 0) is 45.5 Å². The number of benzene rings is 1. The van der Waals surface area contributed by atoms with Gasteiger partial charge >= 0.3 is 0 Å². The fraction of sp³-hybridized carbons (Fsp3) is 0.500. The van der Waals surface area contributed by atoms with E-state index >= 15 is 0 Å². The molecular weight excluding hydrogens is 300 g/mol. The van der Waals surface area contributed by atoms with Crippen LogP contribution in [-0.4, -0.2) is 22.8 Å². The number of nitrogens with zero attached hydrogens (tertiary/aromatic N) is 1.